The lowest BCUT2D eigenvalue weighted by Gasteiger charge is -2.51. The highest BCUT2D eigenvalue weighted by atomic mass is 35.5. The topological polar surface area (TPSA) is 101 Å². The summed E-state index contributed by atoms with van der Waals surface area (Å²) in [6, 6.07) is 26.3. The van der Waals surface area contributed by atoms with Gasteiger partial charge in [0.25, 0.3) is 0 Å². The molecule has 0 aromatic heterocycles. The summed E-state index contributed by atoms with van der Waals surface area (Å²) in [6.07, 6.45) is -0.0413. The van der Waals surface area contributed by atoms with Gasteiger partial charge in [-0.25, -0.2) is 16.8 Å². The van der Waals surface area contributed by atoms with E-state index in [1.807, 2.05) is 6.92 Å². The van der Waals surface area contributed by atoms with Crippen molar-refractivity contribution in [2.45, 2.75) is 47.7 Å². The number of benzene rings is 4. The first-order chi connectivity index (χ1) is 21.5. The molecule has 2 aliphatic heterocycles. The molecule has 2 saturated heterocycles. The fourth-order valence-corrected chi connectivity index (χ4v) is 10.2. The van der Waals surface area contributed by atoms with Crippen molar-refractivity contribution in [1.29, 1.82) is 0 Å². The second-order valence-corrected chi connectivity index (χ2v) is 15.6. The van der Waals surface area contributed by atoms with Gasteiger partial charge in [-0.05, 0) is 73.0 Å². The highest BCUT2D eigenvalue weighted by molar-refractivity contribution is 7.89. The smallest absolute Gasteiger partial charge is 0.243 e. The summed E-state index contributed by atoms with van der Waals surface area (Å²) in [7, 11) is -6.68. The van der Waals surface area contributed by atoms with Gasteiger partial charge in [0.2, 0.25) is 20.0 Å². The normalized spacial score (nSPS) is 23.0. The van der Waals surface area contributed by atoms with Gasteiger partial charge in [-0.15, -0.1) is 0 Å². The average molecular weight is 665 g/mol. The van der Waals surface area contributed by atoms with Gasteiger partial charge in [-0.3, -0.25) is 4.79 Å². The van der Waals surface area contributed by atoms with Crippen LogP contribution in [0.15, 0.2) is 113 Å². The van der Waals surface area contributed by atoms with E-state index in [-0.39, 0.29) is 35.0 Å². The number of piperidine rings is 2. The summed E-state index contributed by atoms with van der Waals surface area (Å²) in [6.45, 7) is 1.70. The number of sulfonamides is 2. The molecule has 0 amide bonds. The minimum Gasteiger partial charge on any atom is -0.497 e. The lowest BCUT2D eigenvalue weighted by Crippen LogP contribution is -2.60. The van der Waals surface area contributed by atoms with E-state index in [9.17, 15) is 21.6 Å². The molecule has 0 radical (unpaired) electrons. The SMILES string of the molecule is COc1ccc([C@@H]2CC(=O)[C@@H]3CN(S(=O)(=O)c4ccc(C)cc4)[C@H](c4cccc(Cl)c4)C[C@@H]3N2S(=O)(=O)c2ccccc2)cc1. The molecule has 6 rings (SSSR count). The van der Waals surface area contributed by atoms with Crippen molar-refractivity contribution in [1.82, 2.24) is 8.61 Å². The van der Waals surface area contributed by atoms with Crippen LogP contribution in [0, 0.1) is 12.8 Å². The van der Waals surface area contributed by atoms with Crippen molar-refractivity contribution in [3.8, 4) is 5.75 Å². The molecule has 0 N–H and O–H groups in total. The molecule has 0 spiro atoms. The molecule has 45 heavy (non-hydrogen) atoms. The first-order valence-electron chi connectivity index (χ1n) is 14.6. The molecular formula is C34H33ClN2O6S2. The van der Waals surface area contributed by atoms with E-state index in [0.717, 1.165) is 5.56 Å². The Labute approximate surface area is 269 Å². The van der Waals surface area contributed by atoms with E-state index in [2.05, 4.69) is 0 Å². The average Bonchev–Trinajstić information content (AvgIpc) is 3.04. The van der Waals surface area contributed by atoms with Crippen LogP contribution in [0.4, 0.5) is 0 Å². The van der Waals surface area contributed by atoms with Crippen LogP contribution in [0.1, 0.15) is 41.6 Å². The standard InChI is InChI=1S/C34H33ClN2O6S2/c1-23-11-17-29(18-12-23)44(39,40)36-22-30-33(20-31(36)25-7-6-8-26(35)19-25)37(45(41,42)28-9-4-3-5-10-28)32(21-34(30)38)24-13-15-27(43-2)16-14-24/h3-19,30-33H,20-22H2,1-2H3/t30-,31+,32+,33+/m1/s1. The van der Waals surface area contributed by atoms with Gasteiger partial charge in [0.15, 0.2) is 0 Å². The van der Waals surface area contributed by atoms with Crippen LogP contribution in [0.5, 0.6) is 5.75 Å². The Balaban J connectivity index is 1.50. The molecule has 0 unspecified atom stereocenters. The number of hydrogen-bond donors (Lipinski definition) is 0. The van der Waals surface area contributed by atoms with Gasteiger partial charge in [0.05, 0.1) is 29.0 Å². The molecule has 2 aliphatic rings. The Morgan fingerprint density at radius 1 is 0.756 bits per heavy atom. The lowest BCUT2D eigenvalue weighted by atomic mass is 9.77. The molecule has 2 heterocycles. The number of hydrogen-bond acceptors (Lipinski definition) is 6. The van der Waals surface area contributed by atoms with Crippen LogP contribution in [-0.2, 0) is 24.8 Å². The Morgan fingerprint density at radius 2 is 1.42 bits per heavy atom. The van der Waals surface area contributed by atoms with Gasteiger partial charge in [0, 0.05) is 29.9 Å². The molecule has 2 fully saturated rings. The van der Waals surface area contributed by atoms with Gasteiger partial charge in [-0.2, -0.15) is 8.61 Å². The second kappa shape index (κ2) is 12.3. The largest absolute Gasteiger partial charge is 0.497 e. The number of ketones is 1. The number of rotatable bonds is 7. The molecule has 8 nitrogen and oxygen atoms in total. The summed E-state index contributed by atoms with van der Waals surface area (Å²) in [5, 5.41) is 0.423. The number of carbonyl (C=O) groups is 1. The molecule has 4 aromatic carbocycles. The second-order valence-electron chi connectivity index (χ2n) is 11.5. The van der Waals surface area contributed by atoms with E-state index < -0.39 is 44.1 Å². The van der Waals surface area contributed by atoms with Crippen molar-refractivity contribution in [2.75, 3.05) is 13.7 Å². The van der Waals surface area contributed by atoms with E-state index in [4.69, 9.17) is 16.3 Å². The number of fused-ring (bicyclic) bond motifs is 1. The van der Waals surface area contributed by atoms with E-state index >= 15 is 0 Å². The summed E-state index contributed by atoms with van der Waals surface area (Å²) < 4.78 is 65.6. The number of halogens is 1. The van der Waals surface area contributed by atoms with Crippen molar-refractivity contribution < 1.29 is 26.4 Å². The van der Waals surface area contributed by atoms with Crippen LogP contribution in [0.2, 0.25) is 5.02 Å². The van der Waals surface area contributed by atoms with Gasteiger partial charge < -0.3 is 4.74 Å². The fraction of sp³-hybridized carbons (Fsp3) is 0.265. The quantitative estimate of drug-likeness (QED) is 0.234. The van der Waals surface area contributed by atoms with Crippen molar-refractivity contribution in [3.05, 3.63) is 125 Å². The molecule has 11 heteroatoms. The molecule has 234 valence electrons. The highest BCUT2D eigenvalue weighted by Crippen LogP contribution is 2.48. The number of aryl methyl sites for hydroxylation is 1. The molecule has 0 saturated carbocycles. The van der Waals surface area contributed by atoms with Crippen molar-refractivity contribution >= 4 is 37.4 Å². The Morgan fingerprint density at radius 3 is 2.07 bits per heavy atom. The molecular weight excluding hydrogens is 632 g/mol. The highest BCUT2D eigenvalue weighted by Gasteiger charge is 2.54. The molecule has 0 aliphatic carbocycles. The lowest BCUT2D eigenvalue weighted by molar-refractivity contribution is -0.132. The third-order valence-corrected chi connectivity index (χ3v) is 12.8. The first kappa shape index (κ1) is 31.4. The number of carbonyl (C=O) groups excluding carboxylic acids is 1. The van der Waals surface area contributed by atoms with E-state index in [1.165, 1.54) is 20.7 Å². The number of Topliss-reactive ketones (excluding diaryl/α,β-unsaturated/α-hetero) is 1. The van der Waals surface area contributed by atoms with Crippen LogP contribution in [0.3, 0.4) is 0 Å². The number of ether oxygens (including phenoxy) is 1. The van der Waals surface area contributed by atoms with Crippen LogP contribution < -0.4 is 4.74 Å². The van der Waals surface area contributed by atoms with Gasteiger partial charge in [-0.1, -0.05) is 71.8 Å². The Bertz CT molecular complexity index is 1920. The minimum atomic E-state index is -4.14. The summed E-state index contributed by atoms with van der Waals surface area (Å²) in [5.74, 6) is -0.463. The third-order valence-electron chi connectivity index (χ3n) is 8.78. The maximum Gasteiger partial charge on any atom is 0.243 e. The Hall–Kier alpha value is -3.54. The zero-order valence-electron chi connectivity index (χ0n) is 24.8. The zero-order chi connectivity index (χ0) is 31.9. The van der Waals surface area contributed by atoms with Crippen molar-refractivity contribution in [3.63, 3.8) is 0 Å². The monoisotopic (exact) mass is 664 g/mol. The van der Waals surface area contributed by atoms with Crippen LogP contribution in [0.25, 0.3) is 0 Å². The van der Waals surface area contributed by atoms with Crippen molar-refractivity contribution in [2.24, 2.45) is 5.92 Å². The van der Waals surface area contributed by atoms with Gasteiger partial charge >= 0.3 is 0 Å². The minimum absolute atomic E-state index is 0.0561. The first-order valence-corrected chi connectivity index (χ1v) is 17.9. The van der Waals surface area contributed by atoms with E-state index in [0.29, 0.717) is 21.9 Å². The summed E-state index contributed by atoms with van der Waals surface area (Å²) >= 11 is 6.39. The fourth-order valence-electron chi connectivity index (χ4n) is 6.49. The zero-order valence-corrected chi connectivity index (χ0v) is 27.2. The third kappa shape index (κ3) is 5.93. The maximum atomic E-state index is 14.5. The molecule has 4 atom stereocenters. The summed E-state index contributed by atoms with van der Waals surface area (Å²) in [5.41, 5.74) is 2.18. The number of methoxy groups -OCH3 is 1. The maximum absolute atomic E-state index is 14.5. The predicted octanol–water partition coefficient (Wildman–Crippen LogP) is 6.18. The van der Waals surface area contributed by atoms with Crippen LogP contribution >= 0.6 is 11.6 Å². The van der Waals surface area contributed by atoms with Crippen LogP contribution in [-0.4, -0.2) is 50.9 Å². The number of nitrogens with zero attached hydrogens (tertiary/aromatic N) is 2. The predicted molar refractivity (Wildman–Crippen MR) is 172 cm³/mol. The molecule has 4 aromatic rings. The van der Waals surface area contributed by atoms with Gasteiger partial charge in [0.1, 0.15) is 11.5 Å². The van der Waals surface area contributed by atoms with E-state index in [1.54, 1.807) is 98.1 Å². The Kier molecular flexibility index (Phi) is 8.62. The summed E-state index contributed by atoms with van der Waals surface area (Å²) in [4.78, 5) is 14.2. The molecule has 0 bridgehead atoms.